The lowest BCUT2D eigenvalue weighted by Gasteiger charge is -2.40. The molecular weight excluding hydrogens is 247 g/mol. The van der Waals surface area contributed by atoms with E-state index >= 15 is 0 Å². The molecule has 1 heterocycles. The molecule has 0 aromatic heterocycles. The summed E-state index contributed by atoms with van der Waals surface area (Å²) < 4.78 is 38.3. The molecule has 1 fully saturated rings. The van der Waals surface area contributed by atoms with Crippen molar-refractivity contribution < 1.29 is 18.0 Å². The molecular formula is C11H20F3N3O. The van der Waals surface area contributed by atoms with Crippen molar-refractivity contribution in [3.8, 4) is 0 Å². The number of hydrogen-bond donors (Lipinski definition) is 1. The van der Waals surface area contributed by atoms with Gasteiger partial charge in [0.2, 0.25) is 0 Å². The van der Waals surface area contributed by atoms with Crippen molar-refractivity contribution in [1.82, 2.24) is 15.1 Å². The van der Waals surface area contributed by atoms with Crippen LogP contribution in [0.5, 0.6) is 0 Å². The lowest BCUT2D eigenvalue weighted by atomic mass is 10.1. The highest BCUT2D eigenvalue weighted by Crippen LogP contribution is 2.26. The van der Waals surface area contributed by atoms with E-state index in [-0.39, 0.29) is 13.1 Å². The third-order valence-corrected chi connectivity index (χ3v) is 2.79. The minimum atomic E-state index is -4.31. The Bertz CT molecular complexity index is 312. The quantitative estimate of drug-likeness (QED) is 0.724. The molecule has 1 aliphatic heterocycles. The first-order valence-electron chi connectivity index (χ1n) is 5.85. The SMILES string of the molecule is CN1CCN(C(=O)NC(C)(C)C)CC1C(F)(F)F. The van der Waals surface area contributed by atoms with Crippen LogP contribution in [0.3, 0.4) is 0 Å². The Morgan fingerprint density at radius 3 is 2.22 bits per heavy atom. The molecule has 18 heavy (non-hydrogen) atoms. The Morgan fingerprint density at radius 1 is 1.22 bits per heavy atom. The molecule has 0 spiro atoms. The van der Waals surface area contributed by atoms with Crippen LogP contribution in [0.4, 0.5) is 18.0 Å². The number of nitrogens with one attached hydrogen (secondary N) is 1. The molecule has 1 rings (SSSR count). The van der Waals surface area contributed by atoms with E-state index in [2.05, 4.69) is 5.32 Å². The van der Waals surface area contributed by atoms with Gasteiger partial charge in [0.25, 0.3) is 0 Å². The molecule has 7 heteroatoms. The first-order valence-corrected chi connectivity index (χ1v) is 5.85. The summed E-state index contributed by atoms with van der Waals surface area (Å²) in [6.07, 6.45) is -4.31. The molecule has 1 atom stereocenters. The molecule has 1 unspecified atom stereocenters. The van der Waals surface area contributed by atoms with Gasteiger partial charge in [0.1, 0.15) is 6.04 Å². The molecule has 106 valence electrons. The molecule has 0 radical (unpaired) electrons. The average molecular weight is 267 g/mol. The van der Waals surface area contributed by atoms with E-state index in [1.54, 1.807) is 20.8 Å². The number of nitrogens with zero attached hydrogens (tertiary/aromatic N) is 2. The minimum Gasteiger partial charge on any atom is -0.333 e. The summed E-state index contributed by atoms with van der Waals surface area (Å²) in [5, 5.41) is 2.68. The van der Waals surface area contributed by atoms with Gasteiger partial charge in [-0.2, -0.15) is 13.2 Å². The fourth-order valence-corrected chi connectivity index (χ4v) is 1.81. The van der Waals surface area contributed by atoms with Crippen molar-refractivity contribution in [2.24, 2.45) is 0 Å². The number of hydrogen-bond acceptors (Lipinski definition) is 2. The van der Waals surface area contributed by atoms with Crippen LogP contribution in [0, 0.1) is 0 Å². The van der Waals surface area contributed by atoms with E-state index in [1.807, 2.05) is 0 Å². The van der Waals surface area contributed by atoms with Gasteiger partial charge >= 0.3 is 12.2 Å². The number of halogens is 3. The summed E-state index contributed by atoms with van der Waals surface area (Å²) in [4.78, 5) is 14.3. The fraction of sp³-hybridized carbons (Fsp3) is 0.909. The molecule has 1 saturated heterocycles. The molecule has 2 amide bonds. The highest BCUT2D eigenvalue weighted by molar-refractivity contribution is 5.75. The lowest BCUT2D eigenvalue weighted by molar-refractivity contribution is -0.190. The molecule has 0 aromatic carbocycles. The maximum absolute atomic E-state index is 12.8. The molecule has 4 nitrogen and oxygen atoms in total. The van der Waals surface area contributed by atoms with E-state index in [4.69, 9.17) is 0 Å². The highest BCUT2D eigenvalue weighted by atomic mass is 19.4. The number of carbonyl (C=O) groups is 1. The monoisotopic (exact) mass is 267 g/mol. The normalized spacial score (nSPS) is 23.1. The van der Waals surface area contributed by atoms with Crippen molar-refractivity contribution in [3.05, 3.63) is 0 Å². The van der Waals surface area contributed by atoms with Crippen LogP contribution >= 0.6 is 0 Å². The summed E-state index contributed by atoms with van der Waals surface area (Å²) >= 11 is 0. The van der Waals surface area contributed by atoms with Gasteiger partial charge in [-0.25, -0.2) is 4.79 Å². The smallest absolute Gasteiger partial charge is 0.333 e. The van der Waals surface area contributed by atoms with E-state index in [9.17, 15) is 18.0 Å². The minimum absolute atomic E-state index is 0.224. The number of amides is 2. The summed E-state index contributed by atoms with van der Waals surface area (Å²) in [6.45, 7) is 5.60. The maximum Gasteiger partial charge on any atom is 0.405 e. The van der Waals surface area contributed by atoms with Crippen molar-refractivity contribution in [3.63, 3.8) is 0 Å². The number of carbonyl (C=O) groups excluding carboxylic acids is 1. The summed E-state index contributed by atoms with van der Waals surface area (Å²) in [5.74, 6) is 0. The third-order valence-electron chi connectivity index (χ3n) is 2.79. The topological polar surface area (TPSA) is 35.6 Å². The average Bonchev–Trinajstić information content (AvgIpc) is 2.13. The van der Waals surface area contributed by atoms with Crippen LogP contribution in [-0.2, 0) is 0 Å². The zero-order chi connectivity index (χ0) is 14.1. The standard InChI is InChI=1S/C11H20F3N3O/c1-10(2,3)15-9(18)17-6-5-16(4)8(7-17)11(12,13)14/h8H,5-7H2,1-4H3,(H,15,18). The number of alkyl halides is 3. The Balaban J connectivity index is 2.68. The predicted octanol–water partition coefficient (Wildman–Crippen LogP) is 1.67. The van der Waals surface area contributed by atoms with Crippen LogP contribution < -0.4 is 5.32 Å². The van der Waals surface area contributed by atoms with Crippen LogP contribution in [-0.4, -0.2) is 60.3 Å². The first kappa shape index (κ1) is 15.1. The highest BCUT2D eigenvalue weighted by Gasteiger charge is 2.46. The molecule has 0 aromatic rings. The second-order valence-corrected chi connectivity index (χ2v) is 5.66. The van der Waals surface area contributed by atoms with E-state index in [1.165, 1.54) is 16.8 Å². The zero-order valence-electron chi connectivity index (χ0n) is 11.1. The van der Waals surface area contributed by atoms with Crippen molar-refractivity contribution in [2.75, 3.05) is 26.7 Å². The van der Waals surface area contributed by atoms with Gasteiger partial charge in [0, 0.05) is 25.2 Å². The summed E-state index contributed by atoms with van der Waals surface area (Å²) in [6, 6.07) is -2.03. The van der Waals surface area contributed by atoms with Gasteiger partial charge in [0.15, 0.2) is 0 Å². The van der Waals surface area contributed by atoms with E-state index < -0.39 is 23.8 Å². The van der Waals surface area contributed by atoms with Crippen molar-refractivity contribution in [1.29, 1.82) is 0 Å². The van der Waals surface area contributed by atoms with Crippen molar-refractivity contribution in [2.45, 2.75) is 38.5 Å². The third kappa shape index (κ3) is 4.04. The second-order valence-electron chi connectivity index (χ2n) is 5.66. The Labute approximate surface area is 105 Å². The number of likely N-dealkylation sites (N-methyl/N-ethyl adjacent to an activating group) is 1. The Hall–Kier alpha value is -0.980. The van der Waals surface area contributed by atoms with Gasteiger partial charge in [-0.3, -0.25) is 4.90 Å². The molecule has 0 saturated carbocycles. The van der Waals surface area contributed by atoms with Crippen LogP contribution in [0.2, 0.25) is 0 Å². The largest absolute Gasteiger partial charge is 0.405 e. The summed E-state index contributed by atoms with van der Waals surface area (Å²) in [7, 11) is 1.43. The number of rotatable bonds is 0. The van der Waals surface area contributed by atoms with Gasteiger partial charge in [0.05, 0.1) is 0 Å². The van der Waals surface area contributed by atoms with Gasteiger partial charge in [-0.05, 0) is 27.8 Å². The van der Waals surface area contributed by atoms with Crippen LogP contribution in [0.1, 0.15) is 20.8 Å². The Kier molecular flexibility index (Phi) is 4.15. The van der Waals surface area contributed by atoms with E-state index in [0.717, 1.165) is 0 Å². The molecule has 0 aliphatic carbocycles. The van der Waals surface area contributed by atoms with Gasteiger partial charge in [-0.1, -0.05) is 0 Å². The summed E-state index contributed by atoms with van der Waals surface area (Å²) in [5.41, 5.74) is -0.450. The van der Waals surface area contributed by atoms with Crippen LogP contribution in [0.15, 0.2) is 0 Å². The molecule has 1 N–H and O–H groups in total. The number of urea groups is 1. The predicted molar refractivity (Wildman–Crippen MR) is 62.3 cm³/mol. The van der Waals surface area contributed by atoms with Crippen LogP contribution in [0.25, 0.3) is 0 Å². The lowest BCUT2D eigenvalue weighted by Crippen LogP contribution is -2.61. The van der Waals surface area contributed by atoms with Gasteiger partial charge < -0.3 is 10.2 Å². The first-order chi connectivity index (χ1) is 8.00. The van der Waals surface area contributed by atoms with Gasteiger partial charge in [-0.15, -0.1) is 0 Å². The molecule has 1 aliphatic rings. The maximum atomic E-state index is 12.8. The fourth-order valence-electron chi connectivity index (χ4n) is 1.81. The zero-order valence-corrected chi connectivity index (χ0v) is 11.1. The second kappa shape index (κ2) is 4.95. The van der Waals surface area contributed by atoms with Crippen molar-refractivity contribution >= 4 is 6.03 Å². The Morgan fingerprint density at radius 2 is 1.78 bits per heavy atom. The number of piperazine rings is 1. The molecule has 0 bridgehead atoms. The van der Waals surface area contributed by atoms with E-state index in [0.29, 0.717) is 6.54 Å².